The van der Waals surface area contributed by atoms with E-state index in [0.29, 0.717) is 6.61 Å². The Labute approximate surface area is 112 Å². The molecule has 1 atom stereocenters. The van der Waals surface area contributed by atoms with Gasteiger partial charge in [-0.25, -0.2) is 0 Å². The lowest BCUT2D eigenvalue weighted by Crippen LogP contribution is -2.01. The van der Waals surface area contributed by atoms with Gasteiger partial charge in [0.2, 0.25) is 0 Å². The zero-order chi connectivity index (χ0) is 13.2. The molecule has 1 heterocycles. The van der Waals surface area contributed by atoms with Crippen LogP contribution in [0.3, 0.4) is 0 Å². The van der Waals surface area contributed by atoms with E-state index in [1.165, 1.54) is 11.1 Å². The first-order valence-corrected chi connectivity index (χ1v) is 6.63. The Hall–Kier alpha value is -1.81. The second-order valence-electron chi connectivity index (χ2n) is 5.04. The van der Waals surface area contributed by atoms with Gasteiger partial charge >= 0.3 is 0 Å². The van der Waals surface area contributed by atoms with Crippen LogP contribution in [0.15, 0.2) is 30.6 Å². The van der Waals surface area contributed by atoms with Crippen molar-refractivity contribution in [1.29, 1.82) is 0 Å². The lowest BCUT2D eigenvalue weighted by atomic mass is 10.1. The summed E-state index contributed by atoms with van der Waals surface area (Å²) in [6, 6.07) is 5.97. The van der Waals surface area contributed by atoms with Crippen molar-refractivity contribution < 1.29 is 9.84 Å². The summed E-state index contributed by atoms with van der Waals surface area (Å²) in [5, 5.41) is 13.9. The van der Waals surface area contributed by atoms with Crippen LogP contribution < -0.4 is 4.74 Å². The van der Waals surface area contributed by atoms with E-state index in [1.54, 1.807) is 4.68 Å². The van der Waals surface area contributed by atoms with Gasteiger partial charge in [-0.1, -0.05) is 6.07 Å². The average molecular weight is 258 g/mol. The zero-order valence-electron chi connectivity index (χ0n) is 11.0. The van der Waals surface area contributed by atoms with Crippen LogP contribution in [0.5, 0.6) is 5.75 Å². The molecule has 0 fully saturated rings. The second-order valence-corrected chi connectivity index (χ2v) is 5.04. The molecule has 0 saturated carbocycles. The Morgan fingerprint density at radius 2 is 2.37 bits per heavy atom. The maximum Gasteiger partial charge on any atom is 0.119 e. The zero-order valence-corrected chi connectivity index (χ0v) is 11.0. The van der Waals surface area contributed by atoms with Crippen LogP contribution in [0.2, 0.25) is 0 Å². The quantitative estimate of drug-likeness (QED) is 0.912. The fraction of sp³-hybridized carbons (Fsp3) is 0.400. The number of nitrogens with zero attached hydrogens (tertiary/aromatic N) is 2. The highest BCUT2D eigenvalue weighted by Gasteiger charge is 2.20. The smallest absolute Gasteiger partial charge is 0.119 e. The van der Waals surface area contributed by atoms with Crippen LogP contribution in [-0.4, -0.2) is 21.5 Å². The topological polar surface area (TPSA) is 47.3 Å². The van der Waals surface area contributed by atoms with E-state index in [4.69, 9.17) is 4.74 Å². The van der Waals surface area contributed by atoms with Crippen molar-refractivity contribution in [2.75, 3.05) is 6.61 Å². The maximum absolute atomic E-state index is 9.75. The van der Waals surface area contributed by atoms with Crippen LogP contribution in [0.25, 0.3) is 0 Å². The Morgan fingerprint density at radius 3 is 3.16 bits per heavy atom. The van der Waals surface area contributed by atoms with Gasteiger partial charge in [0.15, 0.2) is 0 Å². The summed E-state index contributed by atoms with van der Waals surface area (Å²) >= 11 is 0. The highest BCUT2D eigenvalue weighted by atomic mass is 16.5. The van der Waals surface area contributed by atoms with Gasteiger partial charge in [0.1, 0.15) is 5.75 Å². The van der Waals surface area contributed by atoms with Gasteiger partial charge in [-0.15, -0.1) is 0 Å². The van der Waals surface area contributed by atoms with Crippen molar-refractivity contribution in [1.82, 2.24) is 9.78 Å². The standard InChI is InChI=1S/C15H18N2O2/c1-17-10-11(9-16-17)6-7-19-13-3-4-14-12(8-13)2-5-15(14)18/h3-4,8-10,15,18H,2,5-7H2,1H3/t15-/m1/s1. The van der Waals surface area contributed by atoms with E-state index in [9.17, 15) is 5.11 Å². The van der Waals surface area contributed by atoms with Crippen LogP contribution in [0, 0.1) is 0 Å². The first-order chi connectivity index (χ1) is 9.22. The number of fused-ring (bicyclic) bond motifs is 1. The van der Waals surface area contributed by atoms with Crippen molar-refractivity contribution >= 4 is 0 Å². The molecule has 4 heteroatoms. The lowest BCUT2D eigenvalue weighted by molar-refractivity contribution is 0.180. The van der Waals surface area contributed by atoms with Gasteiger partial charge in [0.05, 0.1) is 18.9 Å². The molecular formula is C15H18N2O2. The molecule has 1 N–H and O–H groups in total. The number of aliphatic hydroxyl groups excluding tert-OH is 1. The number of benzene rings is 1. The van der Waals surface area contributed by atoms with Crippen LogP contribution >= 0.6 is 0 Å². The minimum atomic E-state index is -0.292. The number of ether oxygens (including phenoxy) is 1. The van der Waals surface area contributed by atoms with E-state index in [-0.39, 0.29) is 6.10 Å². The predicted octanol–water partition coefficient (Wildman–Crippen LogP) is 2.02. The molecule has 100 valence electrons. The number of rotatable bonds is 4. The molecule has 0 radical (unpaired) electrons. The van der Waals surface area contributed by atoms with E-state index in [0.717, 1.165) is 30.6 Å². The van der Waals surface area contributed by atoms with Crippen molar-refractivity contribution in [3.63, 3.8) is 0 Å². The molecule has 0 amide bonds. The van der Waals surface area contributed by atoms with E-state index >= 15 is 0 Å². The summed E-state index contributed by atoms with van der Waals surface area (Å²) in [5.74, 6) is 0.886. The maximum atomic E-state index is 9.75. The summed E-state index contributed by atoms with van der Waals surface area (Å²) in [5.41, 5.74) is 3.45. The summed E-state index contributed by atoms with van der Waals surface area (Å²) in [6.07, 6.45) is 6.20. The van der Waals surface area contributed by atoms with Gasteiger partial charge in [0, 0.05) is 19.7 Å². The third-order valence-corrected chi connectivity index (χ3v) is 3.58. The van der Waals surface area contributed by atoms with Crippen molar-refractivity contribution in [3.8, 4) is 5.75 Å². The van der Waals surface area contributed by atoms with Crippen LogP contribution in [0.4, 0.5) is 0 Å². The molecule has 4 nitrogen and oxygen atoms in total. The molecule has 19 heavy (non-hydrogen) atoms. The lowest BCUT2D eigenvalue weighted by Gasteiger charge is -2.08. The monoisotopic (exact) mass is 258 g/mol. The molecule has 3 rings (SSSR count). The fourth-order valence-corrected chi connectivity index (χ4v) is 2.55. The first kappa shape index (κ1) is 12.2. The average Bonchev–Trinajstić information content (AvgIpc) is 2.97. The third kappa shape index (κ3) is 2.63. The summed E-state index contributed by atoms with van der Waals surface area (Å²) < 4.78 is 7.56. The Balaban J connectivity index is 1.59. The summed E-state index contributed by atoms with van der Waals surface area (Å²) in [4.78, 5) is 0. The Morgan fingerprint density at radius 1 is 1.47 bits per heavy atom. The number of aliphatic hydroxyl groups is 1. The van der Waals surface area contributed by atoms with Crippen molar-refractivity contribution in [2.24, 2.45) is 7.05 Å². The Kier molecular flexibility index (Phi) is 3.25. The van der Waals surface area contributed by atoms with Crippen molar-refractivity contribution in [3.05, 3.63) is 47.3 Å². The molecule has 1 aliphatic rings. The van der Waals surface area contributed by atoms with E-state index < -0.39 is 0 Å². The molecule has 0 bridgehead atoms. The van der Waals surface area contributed by atoms with Crippen molar-refractivity contribution in [2.45, 2.75) is 25.4 Å². The fourth-order valence-electron chi connectivity index (χ4n) is 2.55. The van der Waals surface area contributed by atoms with Crippen LogP contribution in [0.1, 0.15) is 29.2 Å². The SMILES string of the molecule is Cn1cc(CCOc2ccc3c(c2)CC[C@H]3O)cn1. The largest absolute Gasteiger partial charge is 0.493 e. The van der Waals surface area contributed by atoms with Gasteiger partial charge in [0.25, 0.3) is 0 Å². The number of aromatic nitrogens is 2. The molecule has 2 aromatic rings. The second kappa shape index (κ2) is 5.05. The predicted molar refractivity (Wildman–Crippen MR) is 72.1 cm³/mol. The molecule has 1 aliphatic carbocycles. The highest BCUT2D eigenvalue weighted by Crippen LogP contribution is 2.33. The van der Waals surface area contributed by atoms with Gasteiger partial charge < -0.3 is 9.84 Å². The molecule has 0 unspecified atom stereocenters. The molecular weight excluding hydrogens is 240 g/mol. The van der Waals surface area contributed by atoms with Gasteiger partial charge in [-0.05, 0) is 41.7 Å². The molecule has 1 aromatic heterocycles. The normalized spacial score (nSPS) is 17.5. The summed E-state index contributed by atoms with van der Waals surface area (Å²) in [6.45, 7) is 0.646. The number of aryl methyl sites for hydroxylation is 2. The van der Waals surface area contributed by atoms with Gasteiger partial charge in [-0.3, -0.25) is 4.68 Å². The van der Waals surface area contributed by atoms with Crippen LogP contribution in [-0.2, 0) is 19.9 Å². The van der Waals surface area contributed by atoms with E-state index in [1.807, 2.05) is 31.6 Å². The third-order valence-electron chi connectivity index (χ3n) is 3.58. The van der Waals surface area contributed by atoms with Gasteiger partial charge in [-0.2, -0.15) is 5.10 Å². The summed E-state index contributed by atoms with van der Waals surface area (Å²) in [7, 11) is 1.91. The first-order valence-electron chi connectivity index (χ1n) is 6.63. The number of hydrogen-bond donors (Lipinski definition) is 1. The number of hydrogen-bond acceptors (Lipinski definition) is 3. The minimum Gasteiger partial charge on any atom is -0.493 e. The van der Waals surface area contributed by atoms with E-state index in [2.05, 4.69) is 11.2 Å². The highest BCUT2D eigenvalue weighted by molar-refractivity contribution is 5.39. The Bertz CT molecular complexity index is 577. The molecule has 0 aliphatic heterocycles. The molecule has 0 spiro atoms. The molecule has 1 aromatic carbocycles. The molecule has 0 saturated heterocycles. The minimum absolute atomic E-state index is 0.292.